The van der Waals surface area contributed by atoms with Gasteiger partial charge in [0.15, 0.2) is 17.5 Å². The number of hydrogen-bond donors (Lipinski definition) is 2. The number of benzene rings is 2. The second-order valence-corrected chi connectivity index (χ2v) is 5.86. The summed E-state index contributed by atoms with van der Waals surface area (Å²) < 4.78 is 38.1. The van der Waals surface area contributed by atoms with Crippen molar-refractivity contribution in [1.82, 2.24) is 10.6 Å². The minimum absolute atomic E-state index is 0. The van der Waals surface area contributed by atoms with Gasteiger partial charge in [0.25, 0.3) is 0 Å². The standard InChI is InChI=1S/C19H21F2N3O2.HI/c1-22-19(23-9-8-13-6-7-14(20)10-16(13)21)24-11-15-12-25-17-4-2-3-5-18(17)26-15;/h2-7,10,15H,8-9,11-12H2,1H3,(H2,22,23,24);1H. The van der Waals surface area contributed by atoms with E-state index in [4.69, 9.17) is 9.47 Å². The highest BCUT2D eigenvalue weighted by atomic mass is 127. The van der Waals surface area contributed by atoms with E-state index < -0.39 is 11.6 Å². The van der Waals surface area contributed by atoms with Gasteiger partial charge in [-0.3, -0.25) is 4.99 Å². The summed E-state index contributed by atoms with van der Waals surface area (Å²) in [7, 11) is 1.65. The van der Waals surface area contributed by atoms with E-state index in [0.717, 1.165) is 17.6 Å². The van der Waals surface area contributed by atoms with Crippen molar-refractivity contribution < 1.29 is 18.3 Å². The molecule has 0 fully saturated rings. The molecule has 0 saturated carbocycles. The molecule has 0 bridgehead atoms. The van der Waals surface area contributed by atoms with Crippen molar-refractivity contribution in [2.24, 2.45) is 4.99 Å². The first kappa shape index (κ1) is 21.2. The molecule has 1 heterocycles. The molecule has 27 heavy (non-hydrogen) atoms. The first-order valence-electron chi connectivity index (χ1n) is 8.42. The second-order valence-electron chi connectivity index (χ2n) is 5.86. The van der Waals surface area contributed by atoms with Crippen LogP contribution in [0.5, 0.6) is 11.5 Å². The monoisotopic (exact) mass is 489 g/mol. The van der Waals surface area contributed by atoms with E-state index in [1.165, 1.54) is 12.1 Å². The summed E-state index contributed by atoms with van der Waals surface area (Å²) >= 11 is 0. The maximum atomic E-state index is 13.6. The predicted octanol–water partition coefficient (Wildman–Crippen LogP) is 3.13. The van der Waals surface area contributed by atoms with Gasteiger partial charge in [-0.25, -0.2) is 8.78 Å². The second kappa shape index (κ2) is 10.3. The Kier molecular flexibility index (Phi) is 8.08. The van der Waals surface area contributed by atoms with Crippen molar-refractivity contribution in [3.8, 4) is 11.5 Å². The van der Waals surface area contributed by atoms with Crippen LogP contribution in [-0.2, 0) is 6.42 Å². The average Bonchev–Trinajstić information content (AvgIpc) is 2.66. The summed E-state index contributed by atoms with van der Waals surface area (Å²) in [5.74, 6) is 0.928. The lowest BCUT2D eigenvalue weighted by molar-refractivity contribution is 0.0936. The van der Waals surface area contributed by atoms with E-state index in [9.17, 15) is 8.78 Å². The Labute approximate surface area is 174 Å². The number of nitrogens with zero attached hydrogens (tertiary/aromatic N) is 1. The van der Waals surface area contributed by atoms with Crippen molar-refractivity contribution in [3.63, 3.8) is 0 Å². The molecule has 5 nitrogen and oxygen atoms in total. The number of guanidine groups is 1. The fraction of sp³-hybridized carbons (Fsp3) is 0.316. The molecule has 8 heteroatoms. The van der Waals surface area contributed by atoms with E-state index in [-0.39, 0.29) is 30.1 Å². The zero-order valence-corrected chi connectivity index (χ0v) is 17.2. The summed E-state index contributed by atoms with van der Waals surface area (Å²) in [5.41, 5.74) is 0.454. The summed E-state index contributed by atoms with van der Waals surface area (Å²) in [6.45, 7) is 1.42. The third-order valence-electron chi connectivity index (χ3n) is 3.99. The Morgan fingerprint density at radius 1 is 1.15 bits per heavy atom. The van der Waals surface area contributed by atoms with Crippen LogP contribution in [0.25, 0.3) is 0 Å². The molecule has 1 unspecified atom stereocenters. The maximum absolute atomic E-state index is 13.6. The molecule has 2 N–H and O–H groups in total. The van der Waals surface area contributed by atoms with Crippen LogP contribution in [-0.4, -0.2) is 38.8 Å². The Hall–Kier alpha value is -2.10. The highest BCUT2D eigenvalue weighted by Gasteiger charge is 2.20. The molecule has 0 aromatic heterocycles. The SMILES string of the molecule is CN=C(NCCc1ccc(F)cc1F)NCC1COc2ccccc2O1.I. The van der Waals surface area contributed by atoms with Gasteiger partial charge in [-0.1, -0.05) is 18.2 Å². The number of aliphatic imine (C=N–C) groups is 1. The van der Waals surface area contributed by atoms with Crippen LogP contribution in [0.1, 0.15) is 5.56 Å². The molecule has 0 spiro atoms. The lowest BCUT2D eigenvalue weighted by atomic mass is 10.1. The van der Waals surface area contributed by atoms with Crippen LogP contribution in [0.4, 0.5) is 8.78 Å². The molecule has 2 aromatic carbocycles. The van der Waals surface area contributed by atoms with Crippen molar-refractivity contribution in [2.45, 2.75) is 12.5 Å². The fourth-order valence-corrected chi connectivity index (χ4v) is 2.63. The van der Waals surface area contributed by atoms with Crippen LogP contribution < -0.4 is 20.1 Å². The molecule has 2 aromatic rings. The van der Waals surface area contributed by atoms with E-state index in [1.54, 1.807) is 7.05 Å². The first-order chi connectivity index (χ1) is 12.7. The summed E-state index contributed by atoms with van der Waals surface area (Å²) in [6.07, 6.45) is 0.279. The Balaban J connectivity index is 0.00000261. The van der Waals surface area contributed by atoms with Gasteiger partial charge in [0.05, 0.1) is 6.54 Å². The van der Waals surface area contributed by atoms with Gasteiger partial charge in [-0.15, -0.1) is 24.0 Å². The number of ether oxygens (including phenoxy) is 2. The van der Waals surface area contributed by atoms with Gasteiger partial charge >= 0.3 is 0 Å². The smallest absolute Gasteiger partial charge is 0.191 e. The van der Waals surface area contributed by atoms with E-state index in [1.807, 2.05) is 24.3 Å². The molecule has 0 saturated heterocycles. The predicted molar refractivity (Wildman–Crippen MR) is 111 cm³/mol. The van der Waals surface area contributed by atoms with Gasteiger partial charge in [0, 0.05) is 19.7 Å². The van der Waals surface area contributed by atoms with Crippen molar-refractivity contribution in [3.05, 3.63) is 59.7 Å². The van der Waals surface area contributed by atoms with Crippen molar-refractivity contribution in [2.75, 3.05) is 26.7 Å². The van der Waals surface area contributed by atoms with Gasteiger partial charge in [0.2, 0.25) is 0 Å². The third-order valence-corrected chi connectivity index (χ3v) is 3.99. The van der Waals surface area contributed by atoms with Crippen LogP contribution in [0, 0.1) is 11.6 Å². The molecule has 1 aliphatic rings. The molecular formula is C19H22F2IN3O2. The minimum Gasteiger partial charge on any atom is -0.486 e. The van der Waals surface area contributed by atoms with Crippen LogP contribution in [0.3, 0.4) is 0 Å². The van der Waals surface area contributed by atoms with Gasteiger partial charge in [-0.05, 0) is 30.2 Å². The quantitative estimate of drug-likeness (QED) is 0.385. The Morgan fingerprint density at radius 2 is 1.93 bits per heavy atom. The van der Waals surface area contributed by atoms with Gasteiger partial charge in [0.1, 0.15) is 24.3 Å². The van der Waals surface area contributed by atoms with E-state index >= 15 is 0 Å². The number of halogens is 3. The summed E-state index contributed by atoms with van der Waals surface area (Å²) in [5, 5.41) is 6.26. The molecule has 0 radical (unpaired) electrons. The van der Waals surface area contributed by atoms with Gasteiger partial charge in [-0.2, -0.15) is 0 Å². The fourth-order valence-electron chi connectivity index (χ4n) is 2.63. The lowest BCUT2D eigenvalue weighted by Crippen LogP contribution is -2.45. The molecule has 3 rings (SSSR count). The largest absolute Gasteiger partial charge is 0.486 e. The Morgan fingerprint density at radius 3 is 2.67 bits per heavy atom. The zero-order chi connectivity index (χ0) is 18.4. The lowest BCUT2D eigenvalue weighted by Gasteiger charge is -2.27. The van der Waals surface area contributed by atoms with Crippen LogP contribution >= 0.6 is 24.0 Å². The van der Waals surface area contributed by atoms with Crippen LogP contribution in [0.15, 0.2) is 47.5 Å². The number of hydrogen-bond acceptors (Lipinski definition) is 3. The van der Waals surface area contributed by atoms with Gasteiger partial charge < -0.3 is 20.1 Å². The average molecular weight is 489 g/mol. The zero-order valence-electron chi connectivity index (χ0n) is 14.9. The highest BCUT2D eigenvalue weighted by molar-refractivity contribution is 14.0. The van der Waals surface area contributed by atoms with E-state index in [0.29, 0.717) is 37.6 Å². The molecule has 1 aliphatic heterocycles. The molecule has 0 aliphatic carbocycles. The maximum Gasteiger partial charge on any atom is 0.191 e. The normalized spacial score (nSPS) is 15.7. The van der Waals surface area contributed by atoms with Crippen molar-refractivity contribution >= 4 is 29.9 Å². The first-order valence-corrected chi connectivity index (χ1v) is 8.42. The molecule has 1 atom stereocenters. The van der Waals surface area contributed by atoms with Crippen molar-refractivity contribution in [1.29, 1.82) is 0 Å². The third kappa shape index (κ3) is 5.95. The topological polar surface area (TPSA) is 54.9 Å². The summed E-state index contributed by atoms with van der Waals surface area (Å²) in [4.78, 5) is 4.13. The number of fused-ring (bicyclic) bond motifs is 1. The minimum atomic E-state index is -0.576. The number of nitrogens with one attached hydrogen (secondary N) is 2. The Bertz CT molecular complexity index is 789. The molecule has 146 valence electrons. The highest BCUT2D eigenvalue weighted by Crippen LogP contribution is 2.30. The number of para-hydroxylation sites is 2. The number of rotatable bonds is 5. The molecular weight excluding hydrogens is 467 g/mol. The summed E-state index contributed by atoms with van der Waals surface area (Å²) in [6, 6.07) is 11.1. The van der Waals surface area contributed by atoms with E-state index in [2.05, 4.69) is 15.6 Å². The van der Waals surface area contributed by atoms with Crippen LogP contribution in [0.2, 0.25) is 0 Å². The molecule has 0 amide bonds.